The second kappa shape index (κ2) is 18.0. The average molecular weight is 801 g/mol. The predicted molar refractivity (Wildman–Crippen MR) is 216 cm³/mol. The van der Waals surface area contributed by atoms with E-state index in [9.17, 15) is 14.9 Å². The van der Waals surface area contributed by atoms with Crippen LogP contribution in [0.15, 0.2) is 94.6 Å². The number of nitrogens with one attached hydrogen (secondary N) is 1. The average Bonchev–Trinajstić information content (AvgIpc) is 3.43. The molecule has 2 aliphatic heterocycles. The summed E-state index contributed by atoms with van der Waals surface area (Å²) in [4.78, 5) is 28.5. The number of benzene rings is 3. The maximum atomic E-state index is 13.5. The molecular weight excluding hydrogens is 747 g/mol. The molecule has 6 rings (SSSR count). The number of hydrogen-bond acceptors (Lipinski definition) is 11. The molecule has 14 heteroatoms. The topological polar surface area (TPSA) is 147 Å². The van der Waals surface area contributed by atoms with Crippen LogP contribution < -0.4 is 20.7 Å². The highest BCUT2D eigenvalue weighted by Gasteiger charge is 2.65. The Morgan fingerprint density at radius 1 is 0.947 bits per heavy atom. The fraction of sp³-hybridized carbons (Fsp3) is 0.465. The molecule has 2 bridgehead atoms. The van der Waals surface area contributed by atoms with Crippen molar-refractivity contribution < 1.29 is 32.7 Å². The molecule has 2 fully saturated rings. The lowest BCUT2D eigenvalue weighted by molar-refractivity contribution is -0.193. The minimum Gasteiger partial charge on any atom is -0.497 e. The van der Waals surface area contributed by atoms with Gasteiger partial charge in [0.2, 0.25) is 0 Å². The van der Waals surface area contributed by atoms with Crippen LogP contribution in [-0.4, -0.2) is 78.2 Å². The summed E-state index contributed by atoms with van der Waals surface area (Å²) < 4.78 is 49.5. The Labute approximate surface area is 335 Å². The quantitative estimate of drug-likeness (QED) is 0.0681. The molecule has 0 saturated carbocycles. The van der Waals surface area contributed by atoms with E-state index in [1.165, 1.54) is 10.8 Å². The van der Waals surface area contributed by atoms with Gasteiger partial charge in [0, 0.05) is 29.8 Å². The standard InChI is InChI=1S/C43H53N4O9P/c1-28(2)47(29(3)4)57(54-24-12-23-44)56-38-37-40(46-25-30(5)39(48)45-41(46)49)55-42(38,31(6)26-52-37)27-53-43(32-13-10-9-11-14-32,33-15-19-35(50-7)20-16-33)34-17-21-36(51-8)22-18-34/h9-11,13-22,25,28-29,31,37-38,40H,12,24,26-27H2,1-8H3,(H,45,48,49)/t31-,37?,38?,40?,42?,57?/m0/s1. The summed E-state index contributed by atoms with van der Waals surface area (Å²) in [6.45, 7) is 12.3. The number of aryl methyl sites for hydroxylation is 1. The Balaban J connectivity index is 1.54. The Kier molecular flexibility index (Phi) is 13.4. The van der Waals surface area contributed by atoms with E-state index in [1.807, 2.05) is 85.8 Å². The lowest BCUT2D eigenvalue weighted by Gasteiger charge is -2.47. The molecule has 0 radical (unpaired) electrons. The van der Waals surface area contributed by atoms with Gasteiger partial charge in [-0.25, -0.2) is 9.46 Å². The Morgan fingerprint density at radius 3 is 2.07 bits per heavy atom. The van der Waals surface area contributed by atoms with Crippen LogP contribution in [0.3, 0.4) is 0 Å². The highest BCUT2D eigenvalue weighted by atomic mass is 31.2. The molecule has 0 aliphatic carbocycles. The van der Waals surface area contributed by atoms with Gasteiger partial charge in [0.05, 0.1) is 46.5 Å². The van der Waals surface area contributed by atoms with Gasteiger partial charge in [-0.1, -0.05) is 61.5 Å². The van der Waals surface area contributed by atoms with Crippen molar-refractivity contribution in [1.29, 1.82) is 5.26 Å². The zero-order valence-electron chi connectivity index (χ0n) is 33.8. The molecule has 5 unspecified atom stereocenters. The number of nitrogens with zero attached hydrogens (tertiary/aromatic N) is 3. The highest BCUT2D eigenvalue weighted by molar-refractivity contribution is 7.44. The molecule has 0 spiro atoms. The SMILES string of the molecule is COc1ccc(C(OCC23OC(n4cc(C)c(=O)[nH]c4=O)C(OC[C@@H]2C)C3OP(OCCC#N)N(C(C)C)C(C)C)(c2ccccc2)c2ccc(OC)cc2)cc1. The van der Waals surface area contributed by atoms with E-state index in [4.69, 9.17) is 32.7 Å². The van der Waals surface area contributed by atoms with Crippen molar-refractivity contribution in [3.05, 3.63) is 128 Å². The van der Waals surface area contributed by atoms with E-state index in [0.717, 1.165) is 16.7 Å². The van der Waals surface area contributed by atoms with Gasteiger partial charge in [-0.2, -0.15) is 5.26 Å². The third-order valence-corrected chi connectivity index (χ3v) is 12.9. The van der Waals surface area contributed by atoms with Gasteiger partial charge < -0.3 is 32.7 Å². The second-order valence-electron chi connectivity index (χ2n) is 15.0. The summed E-state index contributed by atoms with van der Waals surface area (Å²) in [6.07, 6.45) is -0.973. The summed E-state index contributed by atoms with van der Waals surface area (Å²) in [5.41, 5.74) is -0.680. The second-order valence-corrected chi connectivity index (χ2v) is 16.4. The van der Waals surface area contributed by atoms with Crippen LogP contribution in [0, 0.1) is 24.2 Å². The molecule has 304 valence electrons. The summed E-state index contributed by atoms with van der Waals surface area (Å²) in [5.74, 6) is 1.05. The van der Waals surface area contributed by atoms with E-state index in [2.05, 4.69) is 43.4 Å². The molecule has 57 heavy (non-hydrogen) atoms. The zero-order valence-corrected chi connectivity index (χ0v) is 34.7. The van der Waals surface area contributed by atoms with Crippen molar-refractivity contribution in [3.8, 4) is 17.6 Å². The first-order chi connectivity index (χ1) is 27.4. The number of hydrogen-bond donors (Lipinski definition) is 1. The molecule has 1 aromatic heterocycles. The number of rotatable bonds is 17. The minimum absolute atomic E-state index is 0.0158. The highest BCUT2D eigenvalue weighted by Crippen LogP contribution is 2.57. The van der Waals surface area contributed by atoms with Crippen molar-refractivity contribution in [2.45, 2.75) is 89.7 Å². The number of aromatic nitrogens is 2. The van der Waals surface area contributed by atoms with Gasteiger partial charge >= 0.3 is 5.69 Å². The van der Waals surface area contributed by atoms with Crippen molar-refractivity contribution >= 4 is 8.53 Å². The van der Waals surface area contributed by atoms with Gasteiger partial charge in [-0.15, -0.1) is 0 Å². The smallest absolute Gasteiger partial charge is 0.330 e. The maximum Gasteiger partial charge on any atom is 0.330 e. The number of aromatic amines is 1. The fourth-order valence-corrected chi connectivity index (χ4v) is 9.63. The van der Waals surface area contributed by atoms with Crippen LogP contribution in [0.1, 0.15) is 69.5 Å². The van der Waals surface area contributed by atoms with Crippen molar-refractivity contribution in [2.24, 2.45) is 5.92 Å². The van der Waals surface area contributed by atoms with E-state index >= 15 is 0 Å². The lowest BCUT2D eigenvalue weighted by Crippen LogP contribution is -2.59. The van der Waals surface area contributed by atoms with Gasteiger partial charge in [0.25, 0.3) is 14.1 Å². The molecule has 2 saturated heterocycles. The fourth-order valence-electron chi connectivity index (χ4n) is 7.83. The summed E-state index contributed by atoms with van der Waals surface area (Å²) >= 11 is 0. The number of nitriles is 1. The number of fused-ring (bicyclic) bond motifs is 2. The van der Waals surface area contributed by atoms with Crippen LogP contribution in [0.4, 0.5) is 0 Å². The number of ether oxygens (including phenoxy) is 5. The molecule has 13 nitrogen and oxygen atoms in total. The molecule has 4 aromatic rings. The maximum absolute atomic E-state index is 13.5. The van der Waals surface area contributed by atoms with E-state index in [1.54, 1.807) is 21.1 Å². The molecule has 6 atom stereocenters. The first-order valence-electron chi connectivity index (χ1n) is 19.2. The molecule has 0 amide bonds. The van der Waals surface area contributed by atoms with Crippen LogP contribution in [0.2, 0.25) is 0 Å². The van der Waals surface area contributed by atoms with E-state index in [-0.39, 0.29) is 44.2 Å². The first kappa shape index (κ1) is 42.2. The van der Waals surface area contributed by atoms with Crippen LogP contribution >= 0.6 is 8.53 Å². The molecule has 3 aromatic carbocycles. The van der Waals surface area contributed by atoms with E-state index < -0.39 is 49.4 Å². The van der Waals surface area contributed by atoms with Crippen molar-refractivity contribution in [3.63, 3.8) is 0 Å². The van der Waals surface area contributed by atoms with Crippen LogP contribution in [-0.2, 0) is 28.9 Å². The normalized spacial score (nSPS) is 22.5. The Bertz CT molecular complexity index is 2050. The summed E-state index contributed by atoms with van der Waals surface area (Å²) in [6, 6.07) is 27.8. The summed E-state index contributed by atoms with van der Waals surface area (Å²) in [5, 5.41) is 9.44. The lowest BCUT2D eigenvalue weighted by atomic mass is 9.78. The van der Waals surface area contributed by atoms with E-state index in [0.29, 0.717) is 17.1 Å². The van der Waals surface area contributed by atoms with Gasteiger partial charge in [0.15, 0.2) is 6.23 Å². The molecule has 3 heterocycles. The molecule has 2 aliphatic rings. The van der Waals surface area contributed by atoms with Gasteiger partial charge in [-0.3, -0.25) is 14.3 Å². The first-order valence-corrected chi connectivity index (χ1v) is 20.4. The summed E-state index contributed by atoms with van der Waals surface area (Å²) in [7, 11) is 1.46. The number of methoxy groups -OCH3 is 2. The Hall–Kier alpha value is -4.38. The van der Waals surface area contributed by atoms with Gasteiger partial charge in [-0.05, 0) is 75.6 Å². The third kappa shape index (κ3) is 8.32. The third-order valence-electron chi connectivity index (χ3n) is 10.7. The van der Waals surface area contributed by atoms with Crippen molar-refractivity contribution in [2.75, 3.05) is 34.0 Å². The van der Waals surface area contributed by atoms with Gasteiger partial charge in [0.1, 0.15) is 34.9 Å². The largest absolute Gasteiger partial charge is 0.497 e. The predicted octanol–water partition coefficient (Wildman–Crippen LogP) is 6.83. The monoisotopic (exact) mass is 800 g/mol. The Morgan fingerprint density at radius 2 is 1.53 bits per heavy atom. The van der Waals surface area contributed by atoms with Crippen LogP contribution in [0.5, 0.6) is 11.5 Å². The minimum atomic E-state index is -1.80. The number of H-pyrrole nitrogens is 1. The van der Waals surface area contributed by atoms with Crippen LogP contribution in [0.25, 0.3) is 0 Å². The molecular formula is C43H53N4O9P. The zero-order chi connectivity index (χ0) is 40.9. The molecule has 1 N–H and O–H groups in total. The van der Waals surface area contributed by atoms with Crippen molar-refractivity contribution in [1.82, 2.24) is 14.2 Å².